The van der Waals surface area contributed by atoms with Crippen molar-refractivity contribution in [1.29, 1.82) is 5.26 Å². The fourth-order valence-electron chi connectivity index (χ4n) is 7.00. The van der Waals surface area contributed by atoms with Gasteiger partial charge < -0.3 is 28.7 Å². The lowest BCUT2D eigenvalue weighted by Crippen LogP contribution is -2.47. The van der Waals surface area contributed by atoms with Gasteiger partial charge in [-0.15, -0.1) is 0 Å². The molecule has 4 atom stereocenters. The van der Waals surface area contributed by atoms with Crippen LogP contribution in [0.5, 0.6) is 5.75 Å². The maximum atomic E-state index is 9.76. The Morgan fingerprint density at radius 3 is 2.18 bits per heavy atom. The van der Waals surface area contributed by atoms with E-state index in [0.717, 1.165) is 44.0 Å². The van der Waals surface area contributed by atoms with Gasteiger partial charge in [-0.05, 0) is 67.9 Å². The second-order valence-electron chi connectivity index (χ2n) is 13.1. The Morgan fingerprint density at radius 2 is 1.54 bits per heavy atom. The maximum Gasteiger partial charge on any atom is 0.266 e. The van der Waals surface area contributed by atoms with Crippen LogP contribution < -0.4 is 19.4 Å². The van der Waals surface area contributed by atoms with Gasteiger partial charge in [0, 0.05) is 54.8 Å². The lowest BCUT2D eigenvalue weighted by Gasteiger charge is -2.37. The van der Waals surface area contributed by atoms with E-state index in [0.29, 0.717) is 37.0 Å². The Labute approximate surface area is 291 Å². The van der Waals surface area contributed by atoms with E-state index in [-0.39, 0.29) is 12.6 Å². The smallest absolute Gasteiger partial charge is 0.266 e. The molecule has 13 heteroatoms. The van der Waals surface area contributed by atoms with Crippen LogP contribution in [0, 0.1) is 11.3 Å². The van der Waals surface area contributed by atoms with Crippen molar-refractivity contribution in [2.45, 2.75) is 50.6 Å². The van der Waals surface area contributed by atoms with Gasteiger partial charge in [0.25, 0.3) is 5.85 Å². The van der Waals surface area contributed by atoms with Crippen LogP contribution >= 0.6 is 0 Å². The van der Waals surface area contributed by atoms with E-state index in [9.17, 15) is 5.26 Å². The van der Waals surface area contributed by atoms with Crippen LogP contribution in [0.25, 0.3) is 0 Å². The maximum absolute atomic E-state index is 9.76. The van der Waals surface area contributed by atoms with Crippen LogP contribution in [-0.2, 0) is 26.5 Å². The number of nitriles is 1. The molecule has 258 valence electrons. The van der Waals surface area contributed by atoms with Crippen LogP contribution in [-0.4, -0.2) is 90.3 Å². The first kappa shape index (κ1) is 32.1. The molecule has 4 unspecified atom stereocenters. The molecule has 0 aliphatic carbocycles. The summed E-state index contributed by atoms with van der Waals surface area (Å²) in [6.45, 7) is 9.55. The van der Waals surface area contributed by atoms with E-state index in [1.54, 1.807) is 18.5 Å². The lowest BCUT2D eigenvalue weighted by molar-refractivity contribution is -0.192. The molecule has 0 bridgehead atoms. The normalized spacial score (nSPS) is 24.9. The van der Waals surface area contributed by atoms with Gasteiger partial charge in [0.2, 0.25) is 5.79 Å². The van der Waals surface area contributed by atoms with Crippen LogP contribution in [0.1, 0.15) is 31.4 Å². The molecular formula is C37H41N9O4. The number of anilines is 3. The van der Waals surface area contributed by atoms with Gasteiger partial charge >= 0.3 is 0 Å². The third-order valence-electron chi connectivity index (χ3n) is 9.98. The van der Waals surface area contributed by atoms with Crippen molar-refractivity contribution in [2.75, 3.05) is 60.7 Å². The molecule has 3 fully saturated rings. The van der Waals surface area contributed by atoms with Crippen molar-refractivity contribution in [2.24, 2.45) is 5.10 Å². The van der Waals surface area contributed by atoms with E-state index in [4.69, 9.17) is 18.9 Å². The molecule has 4 aliphatic rings. The summed E-state index contributed by atoms with van der Waals surface area (Å²) in [5.74, 6) is -0.897. The SMILES string of the molecule is CCC(C)N1N=CN(c2ccc(N3CCN(c4ccc(OCC5COC(Cn6nccn6)(c6ccccc6C#N)O5)cc4)CC3)cc2)C12CO2. The molecule has 3 aromatic carbocycles. The molecule has 4 aromatic rings. The molecule has 1 spiro atoms. The highest BCUT2D eigenvalue weighted by Gasteiger charge is 2.60. The van der Waals surface area contributed by atoms with Crippen LogP contribution in [0.3, 0.4) is 0 Å². The monoisotopic (exact) mass is 675 g/mol. The summed E-state index contributed by atoms with van der Waals surface area (Å²) in [7, 11) is 0. The molecule has 8 rings (SSSR count). The standard InChI is InChI=1S/C37H41N9O4/c1-3-28(2)46-37(26-49-37)44(27-41-46)32-10-8-30(9-11-32)42-18-20-43(21-19-42)31-12-14-33(15-13-31)47-23-34-24-48-36(50-34,25-45-39-16-17-40-45)35-7-5-4-6-29(35)22-38/h4-17,27-28,34H,3,18-21,23-26H2,1-2H3. The molecular weight excluding hydrogens is 634 g/mol. The molecule has 50 heavy (non-hydrogen) atoms. The van der Waals surface area contributed by atoms with Crippen molar-refractivity contribution in [3.63, 3.8) is 0 Å². The number of piperazine rings is 1. The Bertz CT molecular complexity index is 1830. The zero-order chi connectivity index (χ0) is 34.1. The minimum absolute atomic E-state index is 0.212. The van der Waals surface area contributed by atoms with Crippen molar-refractivity contribution < 1.29 is 18.9 Å². The molecule has 0 saturated carbocycles. The van der Waals surface area contributed by atoms with Crippen LogP contribution in [0.4, 0.5) is 17.1 Å². The highest BCUT2D eigenvalue weighted by atomic mass is 16.8. The van der Waals surface area contributed by atoms with E-state index in [1.807, 2.05) is 36.7 Å². The average molecular weight is 676 g/mol. The van der Waals surface area contributed by atoms with Gasteiger partial charge in [-0.3, -0.25) is 4.90 Å². The predicted octanol–water partition coefficient (Wildman–Crippen LogP) is 4.37. The third kappa shape index (κ3) is 6.00. The summed E-state index contributed by atoms with van der Waals surface area (Å²) in [4.78, 5) is 8.50. The highest BCUT2D eigenvalue weighted by molar-refractivity contribution is 5.83. The van der Waals surface area contributed by atoms with Crippen molar-refractivity contribution >= 4 is 23.4 Å². The van der Waals surface area contributed by atoms with E-state index < -0.39 is 11.6 Å². The quantitative estimate of drug-likeness (QED) is 0.211. The van der Waals surface area contributed by atoms with Gasteiger partial charge in [0.15, 0.2) is 0 Å². The number of ether oxygens (including phenoxy) is 4. The number of epoxide rings is 1. The van der Waals surface area contributed by atoms with Crippen LogP contribution in [0.2, 0.25) is 0 Å². The van der Waals surface area contributed by atoms with Crippen LogP contribution in [0.15, 0.2) is 90.3 Å². The minimum atomic E-state index is -1.19. The Morgan fingerprint density at radius 1 is 0.900 bits per heavy atom. The Hall–Kier alpha value is -5.16. The van der Waals surface area contributed by atoms with Crippen molar-refractivity contribution in [1.82, 2.24) is 20.0 Å². The highest BCUT2D eigenvalue weighted by Crippen LogP contribution is 2.43. The number of rotatable bonds is 11. The number of nitrogens with zero attached hydrogens (tertiary/aromatic N) is 9. The molecule has 1 aromatic heterocycles. The second kappa shape index (κ2) is 13.3. The lowest BCUT2D eigenvalue weighted by atomic mass is 10.00. The summed E-state index contributed by atoms with van der Waals surface area (Å²) in [6.07, 6.45) is 5.77. The molecule has 5 heterocycles. The first-order chi connectivity index (χ1) is 24.5. The Balaban J connectivity index is 0.842. The van der Waals surface area contributed by atoms with E-state index >= 15 is 0 Å². The molecule has 3 saturated heterocycles. The average Bonchev–Trinajstić information content (AvgIpc) is 3.44. The first-order valence-electron chi connectivity index (χ1n) is 17.3. The third-order valence-corrected chi connectivity index (χ3v) is 9.98. The minimum Gasteiger partial charge on any atom is -0.491 e. The first-order valence-corrected chi connectivity index (χ1v) is 17.3. The zero-order valence-electron chi connectivity index (χ0n) is 28.3. The van der Waals surface area contributed by atoms with Crippen molar-refractivity contribution in [3.8, 4) is 11.8 Å². The number of hydrazone groups is 1. The predicted molar refractivity (Wildman–Crippen MR) is 188 cm³/mol. The fourth-order valence-corrected chi connectivity index (χ4v) is 7.00. The molecule has 13 nitrogen and oxygen atoms in total. The number of hydrogen-bond donors (Lipinski definition) is 0. The van der Waals surface area contributed by atoms with Gasteiger partial charge in [0.05, 0.1) is 30.6 Å². The van der Waals surface area contributed by atoms with Gasteiger partial charge in [-0.1, -0.05) is 25.1 Å². The van der Waals surface area contributed by atoms with Gasteiger partial charge in [0.1, 0.15) is 38.0 Å². The number of benzene rings is 3. The fraction of sp³-hybridized carbons (Fsp3) is 0.405. The number of aromatic nitrogens is 3. The topological polar surface area (TPSA) is 120 Å². The summed E-state index contributed by atoms with van der Waals surface area (Å²) in [6, 6.07) is 26.8. The summed E-state index contributed by atoms with van der Waals surface area (Å²) >= 11 is 0. The summed E-state index contributed by atoms with van der Waals surface area (Å²) in [5, 5.41) is 25.0. The number of hydrogen-bond acceptors (Lipinski definition) is 12. The largest absolute Gasteiger partial charge is 0.491 e. The second-order valence-corrected chi connectivity index (χ2v) is 13.1. The summed E-state index contributed by atoms with van der Waals surface area (Å²) < 4.78 is 24.8. The van der Waals surface area contributed by atoms with Crippen molar-refractivity contribution in [3.05, 3.63) is 96.3 Å². The van der Waals surface area contributed by atoms with Gasteiger partial charge in [-0.2, -0.15) is 25.4 Å². The van der Waals surface area contributed by atoms with E-state index in [1.165, 1.54) is 16.2 Å². The Kier molecular flexibility index (Phi) is 8.52. The molecule has 0 radical (unpaired) electrons. The molecule has 4 aliphatic heterocycles. The molecule has 0 N–H and O–H groups in total. The van der Waals surface area contributed by atoms with Gasteiger partial charge in [-0.25, -0.2) is 5.01 Å². The molecule has 0 amide bonds. The zero-order valence-corrected chi connectivity index (χ0v) is 28.3. The van der Waals surface area contributed by atoms with E-state index in [2.05, 4.69) is 91.3 Å². The summed E-state index contributed by atoms with van der Waals surface area (Å²) in [5.41, 5.74) is 4.61.